The van der Waals surface area contributed by atoms with Crippen molar-refractivity contribution in [1.29, 1.82) is 0 Å². The molecule has 2 rings (SSSR count). The molecule has 1 aromatic carbocycles. The Morgan fingerprint density at radius 2 is 2.05 bits per heavy atom. The van der Waals surface area contributed by atoms with E-state index in [0.717, 1.165) is 5.56 Å². The average Bonchev–Trinajstić information content (AvgIpc) is 2.96. The van der Waals surface area contributed by atoms with Gasteiger partial charge in [-0.15, -0.1) is 11.8 Å². The lowest BCUT2D eigenvalue weighted by molar-refractivity contribution is -0.133. The molecular weight excluding hydrogens is 302 g/mol. The highest BCUT2D eigenvalue weighted by atomic mass is 32.2. The summed E-state index contributed by atoms with van der Waals surface area (Å²) in [4.78, 5) is 22.3. The molecule has 1 aromatic heterocycles. The van der Waals surface area contributed by atoms with Gasteiger partial charge in [0.15, 0.2) is 0 Å². The molecule has 1 heterocycles. The molecule has 0 aliphatic heterocycles. The van der Waals surface area contributed by atoms with Gasteiger partial charge in [0.2, 0.25) is 0 Å². The maximum Gasteiger partial charge on any atom is 0.313 e. The molecule has 0 aliphatic rings. The highest BCUT2D eigenvalue weighted by molar-refractivity contribution is 7.99. The van der Waals surface area contributed by atoms with Gasteiger partial charge in [-0.2, -0.15) is 5.10 Å². The van der Waals surface area contributed by atoms with Crippen LogP contribution in [0.3, 0.4) is 0 Å². The Kier molecular flexibility index (Phi) is 6.02. The Hall–Kier alpha value is -2.28. The highest BCUT2D eigenvalue weighted by Gasteiger charge is 2.08. The minimum atomic E-state index is -0.849. The van der Waals surface area contributed by atoms with Gasteiger partial charge in [-0.05, 0) is 5.56 Å². The minimum Gasteiger partial charge on any atom is -0.481 e. The lowest BCUT2D eigenvalue weighted by Crippen LogP contribution is -2.25. The van der Waals surface area contributed by atoms with E-state index in [1.54, 1.807) is 10.9 Å². The predicted molar refractivity (Wildman–Crippen MR) is 85.1 cm³/mol. The number of aromatic nitrogens is 2. The summed E-state index contributed by atoms with van der Waals surface area (Å²) in [5.74, 6) is -0.435. The number of carboxylic acids is 1. The van der Waals surface area contributed by atoms with Crippen molar-refractivity contribution >= 4 is 23.6 Å². The van der Waals surface area contributed by atoms with Crippen LogP contribution in [-0.2, 0) is 11.3 Å². The van der Waals surface area contributed by atoms with Gasteiger partial charge in [-0.25, -0.2) is 0 Å². The molecule has 7 heteroatoms. The first kappa shape index (κ1) is 16.1. The van der Waals surface area contributed by atoms with E-state index < -0.39 is 5.97 Å². The molecule has 0 saturated heterocycles. The molecule has 2 N–H and O–H groups in total. The molecule has 0 aliphatic carbocycles. The van der Waals surface area contributed by atoms with Crippen LogP contribution in [0.1, 0.15) is 15.9 Å². The summed E-state index contributed by atoms with van der Waals surface area (Å²) in [6, 6.07) is 9.87. The number of nitrogens with one attached hydrogen (secondary N) is 1. The third kappa shape index (κ3) is 5.25. The molecule has 2 aromatic rings. The number of benzene rings is 1. The quantitative estimate of drug-likeness (QED) is 0.720. The van der Waals surface area contributed by atoms with Crippen LogP contribution in [0.25, 0.3) is 0 Å². The zero-order valence-corrected chi connectivity index (χ0v) is 12.8. The molecular formula is C15H17N3O3S. The second kappa shape index (κ2) is 8.23. The second-order valence-electron chi connectivity index (χ2n) is 4.61. The van der Waals surface area contributed by atoms with Gasteiger partial charge < -0.3 is 10.4 Å². The van der Waals surface area contributed by atoms with Crippen molar-refractivity contribution in [3.8, 4) is 0 Å². The lowest BCUT2D eigenvalue weighted by atomic mass is 10.2. The zero-order chi connectivity index (χ0) is 15.8. The molecule has 6 nitrogen and oxygen atoms in total. The topological polar surface area (TPSA) is 84.2 Å². The van der Waals surface area contributed by atoms with Gasteiger partial charge >= 0.3 is 5.97 Å². The highest BCUT2D eigenvalue weighted by Crippen LogP contribution is 2.04. The fraction of sp³-hybridized carbons (Fsp3) is 0.267. The Balaban J connectivity index is 1.78. The number of aliphatic carboxylic acids is 1. The minimum absolute atomic E-state index is 0.0465. The molecule has 0 bridgehead atoms. The molecule has 0 radical (unpaired) electrons. The number of carboxylic acid groups (broad SMARTS) is 1. The Labute approximate surface area is 132 Å². The third-order valence-corrected chi connectivity index (χ3v) is 3.78. The Morgan fingerprint density at radius 3 is 2.77 bits per heavy atom. The molecule has 0 spiro atoms. The number of thioether (sulfide) groups is 1. The van der Waals surface area contributed by atoms with E-state index in [2.05, 4.69) is 10.4 Å². The van der Waals surface area contributed by atoms with Gasteiger partial charge in [0, 0.05) is 18.5 Å². The van der Waals surface area contributed by atoms with Crippen LogP contribution in [0.5, 0.6) is 0 Å². The average molecular weight is 319 g/mol. The smallest absolute Gasteiger partial charge is 0.313 e. The van der Waals surface area contributed by atoms with Crippen molar-refractivity contribution in [1.82, 2.24) is 15.1 Å². The normalized spacial score (nSPS) is 10.4. The number of rotatable bonds is 8. The largest absolute Gasteiger partial charge is 0.481 e. The van der Waals surface area contributed by atoms with E-state index in [4.69, 9.17) is 5.11 Å². The van der Waals surface area contributed by atoms with E-state index in [1.165, 1.54) is 18.0 Å². The standard InChI is InChI=1S/C15H17N3O3S/c19-14(20)11-22-7-6-16-15(21)13-8-17-18(10-13)9-12-4-2-1-3-5-12/h1-5,8,10H,6-7,9,11H2,(H,16,21)(H,19,20). The molecule has 22 heavy (non-hydrogen) atoms. The van der Waals surface area contributed by atoms with Crippen molar-refractivity contribution in [3.05, 3.63) is 53.9 Å². The van der Waals surface area contributed by atoms with Crippen LogP contribution in [0.15, 0.2) is 42.7 Å². The molecule has 0 atom stereocenters. The summed E-state index contributed by atoms with van der Waals surface area (Å²) in [6.07, 6.45) is 3.23. The first-order valence-electron chi connectivity index (χ1n) is 6.79. The Bertz CT molecular complexity index is 628. The summed E-state index contributed by atoms with van der Waals surface area (Å²) in [7, 11) is 0. The van der Waals surface area contributed by atoms with Crippen molar-refractivity contribution in [2.24, 2.45) is 0 Å². The summed E-state index contributed by atoms with van der Waals surface area (Å²) in [5, 5.41) is 15.4. The van der Waals surface area contributed by atoms with E-state index in [0.29, 0.717) is 24.4 Å². The predicted octanol–water partition coefficient (Wildman–Crippen LogP) is 1.48. The second-order valence-corrected chi connectivity index (χ2v) is 5.72. The summed E-state index contributed by atoms with van der Waals surface area (Å²) < 4.78 is 1.71. The first-order chi connectivity index (χ1) is 10.6. The van der Waals surface area contributed by atoms with E-state index in [-0.39, 0.29) is 11.7 Å². The number of carbonyl (C=O) groups is 2. The van der Waals surface area contributed by atoms with Crippen LogP contribution < -0.4 is 5.32 Å². The van der Waals surface area contributed by atoms with Crippen LogP contribution in [-0.4, -0.2) is 44.8 Å². The summed E-state index contributed by atoms with van der Waals surface area (Å²) >= 11 is 1.27. The number of carbonyl (C=O) groups excluding carboxylic acids is 1. The van der Waals surface area contributed by atoms with Crippen LogP contribution in [0.2, 0.25) is 0 Å². The fourth-order valence-electron chi connectivity index (χ4n) is 1.84. The van der Waals surface area contributed by atoms with E-state index >= 15 is 0 Å². The van der Waals surface area contributed by atoms with Crippen molar-refractivity contribution in [2.75, 3.05) is 18.1 Å². The van der Waals surface area contributed by atoms with Crippen LogP contribution in [0, 0.1) is 0 Å². The monoisotopic (exact) mass is 319 g/mol. The fourth-order valence-corrected chi connectivity index (χ4v) is 2.40. The van der Waals surface area contributed by atoms with Gasteiger partial charge in [-0.3, -0.25) is 14.3 Å². The third-order valence-electron chi connectivity index (χ3n) is 2.84. The SMILES string of the molecule is O=C(O)CSCCNC(=O)c1cnn(Cc2ccccc2)c1. The van der Waals surface area contributed by atoms with Crippen LogP contribution in [0.4, 0.5) is 0 Å². The lowest BCUT2D eigenvalue weighted by Gasteiger charge is -2.02. The molecule has 0 fully saturated rings. The van der Waals surface area contributed by atoms with Crippen molar-refractivity contribution in [2.45, 2.75) is 6.54 Å². The maximum atomic E-state index is 11.9. The van der Waals surface area contributed by atoms with E-state index in [1.807, 2.05) is 30.3 Å². The maximum absolute atomic E-state index is 11.9. The van der Waals surface area contributed by atoms with Crippen molar-refractivity contribution < 1.29 is 14.7 Å². The van der Waals surface area contributed by atoms with Gasteiger partial charge in [0.25, 0.3) is 5.91 Å². The number of amides is 1. The first-order valence-corrected chi connectivity index (χ1v) is 7.95. The van der Waals surface area contributed by atoms with Gasteiger partial charge in [-0.1, -0.05) is 30.3 Å². The zero-order valence-electron chi connectivity index (χ0n) is 11.9. The number of nitrogens with zero attached hydrogens (tertiary/aromatic N) is 2. The van der Waals surface area contributed by atoms with Crippen molar-refractivity contribution in [3.63, 3.8) is 0 Å². The van der Waals surface area contributed by atoms with Gasteiger partial charge in [0.05, 0.1) is 24.1 Å². The van der Waals surface area contributed by atoms with Gasteiger partial charge in [0.1, 0.15) is 0 Å². The molecule has 0 saturated carbocycles. The molecule has 0 unspecified atom stereocenters. The summed E-state index contributed by atoms with van der Waals surface area (Å²) in [6.45, 7) is 1.04. The summed E-state index contributed by atoms with van der Waals surface area (Å²) in [5.41, 5.74) is 1.61. The number of hydrogen-bond donors (Lipinski definition) is 2. The number of hydrogen-bond acceptors (Lipinski definition) is 4. The van der Waals surface area contributed by atoms with Crippen LogP contribution >= 0.6 is 11.8 Å². The van der Waals surface area contributed by atoms with E-state index in [9.17, 15) is 9.59 Å². The Morgan fingerprint density at radius 1 is 1.27 bits per heavy atom. The molecule has 116 valence electrons. The molecule has 1 amide bonds.